The maximum Gasteiger partial charge on any atom is 0.302 e. The Bertz CT molecular complexity index is 1950. The van der Waals surface area contributed by atoms with Crippen molar-refractivity contribution in [1.29, 1.82) is 5.26 Å². The third-order valence-corrected chi connectivity index (χ3v) is 13.1. The van der Waals surface area contributed by atoms with Gasteiger partial charge in [-0.25, -0.2) is 4.67 Å². The van der Waals surface area contributed by atoms with Crippen LogP contribution in [0.4, 0.5) is 0 Å². The molecule has 3 aromatic carbocycles. The van der Waals surface area contributed by atoms with Gasteiger partial charge in [-0.2, -0.15) is 18.8 Å². The molecule has 0 saturated carbocycles. The fourth-order valence-corrected chi connectivity index (χ4v) is 9.53. The van der Waals surface area contributed by atoms with Crippen LogP contribution >= 0.6 is 22.0 Å². The number of esters is 2. The third-order valence-electron chi connectivity index (χ3n) is 10.9. The van der Waals surface area contributed by atoms with Gasteiger partial charge in [0.1, 0.15) is 48.1 Å². The zero-order valence-corrected chi connectivity index (χ0v) is 43.4. The maximum atomic E-state index is 12.2. The standard InChI is InChI=1S/C50H70N3O14P.H2S/c1-34(2)53(35(3)4)68(64-26-14-25-51)67-45(32-63-50(40-15-12-11-13-16-40,41-17-21-43(57-9)22-18-41)42-19-23-44(58-10)24-20-42)31-60-28-27-59-29-30-61-49-47(52-37(6)54)48(65-39(8)56)36(5)46(66-49)33-62-38(7)55;/h11-13,15-24,34-36,45-49H,14,26-33H2,1-10H3,(H,52,54);1H2/t36-,45-,46+,47+,48-,49+,68?;/m0./s1. The smallest absolute Gasteiger partial charge is 0.302 e. The fourth-order valence-electron chi connectivity index (χ4n) is 7.85. The van der Waals surface area contributed by atoms with Crippen LogP contribution in [0, 0.1) is 17.2 Å². The molecule has 0 aliphatic carbocycles. The number of carbonyl (C=O) groups is 3. The number of rotatable bonds is 29. The first-order valence-corrected chi connectivity index (χ1v) is 24.0. The van der Waals surface area contributed by atoms with Gasteiger partial charge < -0.3 is 57.0 Å². The number of benzene rings is 3. The van der Waals surface area contributed by atoms with Crippen molar-refractivity contribution in [2.24, 2.45) is 5.92 Å². The molecule has 382 valence electrons. The van der Waals surface area contributed by atoms with Gasteiger partial charge in [0.25, 0.3) is 8.53 Å². The molecule has 0 bridgehead atoms. The number of methoxy groups -OCH3 is 2. The molecule has 4 rings (SSSR count). The van der Waals surface area contributed by atoms with E-state index in [-0.39, 0.29) is 90.8 Å². The molecule has 0 aromatic heterocycles. The van der Waals surface area contributed by atoms with E-state index in [0.717, 1.165) is 16.7 Å². The first kappa shape index (κ1) is 58.9. The normalized spacial score (nSPS) is 19.0. The van der Waals surface area contributed by atoms with E-state index < -0.39 is 62.6 Å². The van der Waals surface area contributed by atoms with Crippen molar-refractivity contribution in [2.45, 2.75) is 110 Å². The average molecular weight is 1000 g/mol. The van der Waals surface area contributed by atoms with E-state index in [1.54, 1.807) is 21.1 Å². The number of nitrogens with one attached hydrogen (secondary N) is 1. The molecule has 1 aliphatic rings. The Morgan fingerprint density at radius 3 is 1.87 bits per heavy atom. The Balaban J connectivity index is 0.0000126. The fraction of sp³-hybridized carbons (Fsp3) is 0.560. The Kier molecular flexibility index (Phi) is 25.9. The minimum absolute atomic E-state index is 0. The number of nitrogens with zero attached hydrogens (tertiary/aromatic N) is 2. The molecule has 1 N–H and O–H groups in total. The van der Waals surface area contributed by atoms with Crippen molar-refractivity contribution in [3.05, 3.63) is 95.6 Å². The van der Waals surface area contributed by atoms with Gasteiger partial charge in [-0.1, -0.05) is 61.5 Å². The summed E-state index contributed by atoms with van der Waals surface area (Å²) in [5, 5.41) is 12.2. The van der Waals surface area contributed by atoms with Crippen LogP contribution in [0.3, 0.4) is 0 Å². The second-order valence-corrected chi connectivity index (χ2v) is 18.1. The number of hydrogen-bond acceptors (Lipinski definition) is 16. The van der Waals surface area contributed by atoms with Crippen LogP contribution in [0.1, 0.15) is 78.5 Å². The predicted octanol–water partition coefficient (Wildman–Crippen LogP) is 7.20. The highest BCUT2D eigenvalue weighted by Crippen LogP contribution is 2.48. The van der Waals surface area contributed by atoms with Gasteiger partial charge >= 0.3 is 11.9 Å². The summed E-state index contributed by atoms with van der Waals surface area (Å²) in [5.41, 5.74) is 1.44. The molecule has 1 amide bonds. The lowest BCUT2D eigenvalue weighted by Gasteiger charge is -2.44. The van der Waals surface area contributed by atoms with E-state index in [4.69, 9.17) is 51.7 Å². The summed E-state index contributed by atoms with van der Waals surface area (Å²) in [5.74, 6) is -0.461. The monoisotopic (exact) mass is 1000 g/mol. The van der Waals surface area contributed by atoms with Crippen molar-refractivity contribution in [3.63, 3.8) is 0 Å². The molecule has 1 aliphatic heterocycles. The number of nitriles is 1. The Hall–Kier alpha value is -4.38. The largest absolute Gasteiger partial charge is 0.497 e. The topological polar surface area (TPSA) is 192 Å². The highest BCUT2D eigenvalue weighted by molar-refractivity contribution is 7.59. The molecule has 1 unspecified atom stereocenters. The summed E-state index contributed by atoms with van der Waals surface area (Å²) in [4.78, 5) is 36.0. The van der Waals surface area contributed by atoms with Gasteiger partial charge in [-0.3, -0.25) is 14.4 Å². The molecule has 17 nitrogen and oxygen atoms in total. The number of amides is 1. The van der Waals surface area contributed by atoms with Gasteiger partial charge in [0, 0.05) is 38.8 Å². The minimum Gasteiger partial charge on any atom is -0.497 e. The first-order valence-electron chi connectivity index (χ1n) is 22.9. The zero-order chi connectivity index (χ0) is 49.6. The molecule has 1 fully saturated rings. The highest BCUT2D eigenvalue weighted by Gasteiger charge is 2.47. The Labute approximate surface area is 416 Å². The van der Waals surface area contributed by atoms with Crippen LogP contribution in [0.25, 0.3) is 0 Å². The van der Waals surface area contributed by atoms with Gasteiger partial charge in [0.15, 0.2) is 6.29 Å². The Morgan fingerprint density at radius 1 is 0.783 bits per heavy atom. The summed E-state index contributed by atoms with van der Waals surface area (Å²) in [6.45, 7) is 14.7. The highest BCUT2D eigenvalue weighted by atomic mass is 32.1. The quantitative estimate of drug-likeness (QED) is 0.0318. The molecule has 7 atom stereocenters. The number of ether oxygens (including phenoxy) is 9. The Morgan fingerprint density at radius 2 is 1.35 bits per heavy atom. The van der Waals surface area contributed by atoms with E-state index in [2.05, 4.69) is 43.8 Å². The molecule has 19 heteroatoms. The summed E-state index contributed by atoms with van der Waals surface area (Å²) in [6, 6.07) is 26.9. The van der Waals surface area contributed by atoms with E-state index in [1.165, 1.54) is 20.8 Å². The van der Waals surface area contributed by atoms with Gasteiger partial charge in [-0.05, 0) is 68.7 Å². The molecule has 3 aromatic rings. The van der Waals surface area contributed by atoms with Crippen molar-refractivity contribution in [1.82, 2.24) is 9.99 Å². The summed E-state index contributed by atoms with van der Waals surface area (Å²) in [6.07, 6.45) is -3.02. The zero-order valence-electron chi connectivity index (χ0n) is 41.5. The van der Waals surface area contributed by atoms with Crippen LogP contribution in [-0.2, 0) is 62.2 Å². The molecule has 1 heterocycles. The second kappa shape index (κ2) is 30.4. The predicted molar refractivity (Wildman–Crippen MR) is 264 cm³/mol. The van der Waals surface area contributed by atoms with Gasteiger partial charge in [-0.15, -0.1) is 0 Å². The van der Waals surface area contributed by atoms with Gasteiger partial charge in [0.05, 0.1) is 73.0 Å². The summed E-state index contributed by atoms with van der Waals surface area (Å²) >= 11 is 0. The second-order valence-electron chi connectivity index (χ2n) is 16.7. The molecule has 0 radical (unpaired) electrons. The van der Waals surface area contributed by atoms with E-state index >= 15 is 0 Å². The van der Waals surface area contributed by atoms with Crippen LogP contribution in [0.2, 0.25) is 0 Å². The van der Waals surface area contributed by atoms with Crippen LogP contribution < -0.4 is 14.8 Å². The number of hydrogen-bond donors (Lipinski definition) is 1. The lowest BCUT2D eigenvalue weighted by Crippen LogP contribution is -2.63. The maximum absolute atomic E-state index is 12.2. The number of carbonyl (C=O) groups excluding carboxylic acids is 3. The third kappa shape index (κ3) is 17.8. The van der Waals surface area contributed by atoms with Crippen LogP contribution in [-0.4, -0.2) is 132 Å². The summed E-state index contributed by atoms with van der Waals surface area (Å²) < 4.78 is 69.0. The SMILES string of the molecule is COc1ccc(C(OC[C@H](COCCOCCO[C@@H]2O[C@H](COC(C)=O)[C@H](C)[C@H](OC(C)=O)[C@H]2NC(C)=O)OP(OCCC#N)N(C(C)C)C(C)C)(c2ccccc2)c2ccc(OC)cc2)cc1.S. The molecular formula is C50H72N3O14PS. The minimum atomic E-state index is -1.70. The molecule has 1 saturated heterocycles. The summed E-state index contributed by atoms with van der Waals surface area (Å²) in [7, 11) is 1.56. The lowest BCUT2D eigenvalue weighted by molar-refractivity contribution is -0.262. The first-order chi connectivity index (χ1) is 32.6. The molecular weight excluding hydrogens is 930 g/mol. The van der Waals surface area contributed by atoms with E-state index in [9.17, 15) is 19.6 Å². The van der Waals surface area contributed by atoms with Crippen molar-refractivity contribution < 1.29 is 66.1 Å². The molecule has 69 heavy (non-hydrogen) atoms. The van der Waals surface area contributed by atoms with Crippen LogP contribution in [0.15, 0.2) is 78.9 Å². The van der Waals surface area contributed by atoms with Crippen molar-refractivity contribution in [2.75, 3.05) is 67.1 Å². The van der Waals surface area contributed by atoms with Crippen molar-refractivity contribution >= 4 is 39.9 Å². The average Bonchev–Trinajstić information content (AvgIpc) is 3.31. The molecule has 0 spiro atoms. The van der Waals surface area contributed by atoms with Gasteiger partial charge in [0.2, 0.25) is 5.91 Å². The van der Waals surface area contributed by atoms with E-state index in [1.807, 2.05) is 78.9 Å². The lowest BCUT2D eigenvalue weighted by atomic mass is 9.80. The van der Waals surface area contributed by atoms with Crippen LogP contribution in [0.5, 0.6) is 11.5 Å². The van der Waals surface area contributed by atoms with E-state index in [0.29, 0.717) is 11.5 Å². The van der Waals surface area contributed by atoms with Crippen molar-refractivity contribution in [3.8, 4) is 17.6 Å².